The van der Waals surface area contributed by atoms with Crippen LogP contribution in [0.25, 0.3) is 5.31 Å². The predicted molar refractivity (Wildman–Crippen MR) is 161 cm³/mol. The third kappa shape index (κ3) is 4.99. The van der Waals surface area contributed by atoms with E-state index in [0.29, 0.717) is 5.66 Å². The van der Waals surface area contributed by atoms with E-state index in [9.17, 15) is 0 Å². The lowest BCUT2D eigenvalue weighted by molar-refractivity contribution is 0.631. The van der Waals surface area contributed by atoms with Crippen molar-refractivity contribution in [3.8, 4) is 0 Å². The second-order valence-electron chi connectivity index (χ2n) is 9.38. The van der Waals surface area contributed by atoms with Crippen LogP contribution in [-0.4, -0.2) is 11.0 Å². The van der Waals surface area contributed by atoms with Gasteiger partial charge in [0.2, 0.25) is 0 Å². The average Bonchev–Trinajstić information content (AvgIpc) is 3.30. The number of nitrogens with zero attached hydrogens (tertiary/aromatic N) is 1. The Morgan fingerprint density at radius 1 is 0.750 bits per heavy atom. The molecule has 0 fully saturated rings. The van der Waals surface area contributed by atoms with Gasteiger partial charge in [-0.1, -0.05) is 135 Å². The van der Waals surface area contributed by atoms with Gasteiger partial charge < -0.3 is 0 Å². The number of benzene rings is 4. The van der Waals surface area contributed by atoms with Crippen LogP contribution in [0.4, 0.5) is 0 Å². The molecule has 0 bridgehead atoms. The topological polar surface area (TPSA) is 3.24 Å². The largest absolute Gasteiger partial charge is 0.175 e. The Labute approximate surface area is 219 Å². The monoisotopic (exact) mass is 507 g/mol. The van der Waals surface area contributed by atoms with Crippen LogP contribution in [0.15, 0.2) is 127 Å². The Balaban J connectivity index is 1.72. The maximum Gasteiger partial charge on any atom is 0.0921 e. The first-order valence-corrected chi connectivity index (χ1v) is 16.2. The van der Waals surface area contributed by atoms with Crippen LogP contribution >= 0.6 is 15.5 Å². The molecule has 0 aromatic heterocycles. The van der Waals surface area contributed by atoms with E-state index in [1.54, 1.807) is 0 Å². The first-order valence-electron chi connectivity index (χ1n) is 13.0. The third-order valence-electron chi connectivity index (χ3n) is 7.08. The van der Waals surface area contributed by atoms with Crippen LogP contribution in [0.5, 0.6) is 0 Å². The van der Waals surface area contributed by atoms with E-state index in [1.807, 2.05) is 0 Å². The molecule has 0 spiro atoms. The maximum absolute atomic E-state index is 5.29. The maximum atomic E-state index is 5.29. The van der Waals surface area contributed by atoms with Crippen LogP contribution in [0.3, 0.4) is 0 Å². The molecular weight excluding hydrogens is 472 g/mol. The molecule has 4 aromatic rings. The molecule has 3 heteroatoms. The fourth-order valence-electron chi connectivity index (χ4n) is 5.31. The van der Waals surface area contributed by atoms with E-state index in [4.69, 9.17) is 6.66 Å². The number of allylic oxidation sites excluding steroid dienone is 1. The van der Waals surface area contributed by atoms with Gasteiger partial charge in [-0.25, -0.2) is 0 Å². The molecule has 4 aromatic carbocycles. The Bertz CT molecular complexity index is 1220. The Hall–Kier alpha value is -2.56. The molecule has 0 N–H and O–H groups in total. The van der Waals surface area contributed by atoms with Crippen molar-refractivity contribution in [2.45, 2.75) is 31.8 Å². The van der Waals surface area contributed by atoms with E-state index in [1.165, 1.54) is 39.9 Å². The van der Waals surface area contributed by atoms with Crippen LogP contribution < -0.4 is 10.6 Å². The number of unbranched alkanes of at least 4 members (excludes halogenated alkanes) is 1. The summed E-state index contributed by atoms with van der Waals surface area (Å²) < 4.78 is 2.89. The van der Waals surface area contributed by atoms with E-state index in [0.717, 1.165) is 13.0 Å². The van der Waals surface area contributed by atoms with Crippen molar-refractivity contribution in [3.63, 3.8) is 0 Å². The zero-order valence-corrected chi connectivity index (χ0v) is 22.9. The van der Waals surface area contributed by atoms with Gasteiger partial charge in [-0.2, -0.15) is 11.1 Å². The van der Waals surface area contributed by atoms with Crippen molar-refractivity contribution in [2.75, 3.05) is 6.54 Å². The molecule has 0 aliphatic carbocycles. The lowest BCUT2D eigenvalue weighted by Crippen LogP contribution is -2.30. The zero-order valence-electron chi connectivity index (χ0n) is 21.1. The van der Waals surface area contributed by atoms with Crippen molar-refractivity contribution in [3.05, 3.63) is 145 Å². The number of rotatable bonds is 9. The highest BCUT2D eigenvalue weighted by molar-refractivity contribution is 7.93. The lowest BCUT2D eigenvalue weighted by atomic mass is 10.1. The summed E-state index contributed by atoms with van der Waals surface area (Å²) in [6.45, 7) is 8.65. The van der Waals surface area contributed by atoms with Crippen LogP contribution in [0.1, 0.15) is 43.0 Å². The second-order valence-corrected chi connectivity index (χ2v) is 15.1. The summed E-state index contributed by atoms with van der Waals surface area (Å²) in [5.74, 6) is 0. The normalized spacial score (nSPS) is 19.6. The quantitative estimate of drug-likeness (QED) is 0.161. The second kappa shape index (κ2) is 11.7. The smallest absolute Gasteiger partial charge is 0.0921 e. The van der Waals surface area contributed by atoms with Gasteiger partial charge in [0.25, 0.3) is 0 Å². The summed E-state index contributed by atoms with van der Waals surface area (Å²) in [5, 5.41) is 4.28. The molecule has 5 rings (SSSR count). The molecule has 36 heavy (non-hydrogen) atoms. The van der Waals surface area contributed by atoms with E-state index >= 15 is 0 Å². The van der Waals surface area contributed by atoms with Gasteiger partial charge in [-0.05, 0) is 36.1 Å². The van der Waals surface area contributed by atoms with Crippen LogP contribution in [0.2, 0.25) is 0 Å². The summed E-state index contributed by atoms with van der Waals surface area (Å²) in [6, 6.07) is 44.5. The molecule has 1 unspecified atom stereocenters. The molecule has 1 aliphatic rings. The molecule has 0 radical (unpaired) electrons. The van der Waals surface area contributed by atoms with Gasteiger partial charge in [0.05, 0.1) is 19.0 Å². The summed E-state index contributed by atoms with van der Waals surface area (Å²) in [7, 11) is -2.78. The number of hydrogen-bond donors (Lipinski definition) is 0. The Kier molecular flexibility index (Phi) is 8.13. The van der Waals surface area contributed by atoms with Crippen molar-refractivity contribution >= 4 is 31.4 Å². The highest BCUT2D eigenvalue weighted by Gasteiger charge is 2.51. The molecule has 1 heterocycles. The van der Waals surface area contributed by atoms with Gasteiger partial charge in [0.1, 0.15) is 0 Å². The summed E-state index contributed by atoms with van der Waals surface area (Å²) in [6.07, 6.45) is 5.89. The molecule has 0 saturated heterocycles. The fraction of sp³-hybridized carbons (Fsp3) is 0.182. The minimum atomic E-state index is -2.04. The van der Waals surface area contributed by atoms with Gasteiger partial charge in [0.15, 0.2) is 0 Å². The lowest BCUT2D eigenvalue weighted by Gasteiger charge is -2.47. The van der Waals surface area contributed by atoms with Crippen molar-refractivity contribution in [1.82, 2.24) is 4.44 Å². The van der Waals surface area contributed by atoms with Crippen molar-refractivity contribution in [1.29, 1.82) is 0 Å². The molecule has 1 aliphatic heterocycles. The fourth-order valence-corrected chi connectivity index (χ4v) is 13.5. The Morgan fingerprint density at radius 3 is 1.78 bits per heavy atom. The summed E-state index contributed by atoms with van der Waals surface area (Å²) in [5.41, 5.74) is 3.14. The molecule has 1 nitrogen and oxygen atoms in total. The van der Waals surface area contributed by atoms with Gasteiger partial charge in [-0.15, -0.1) is 0 Å². The molecule has 0 saturated carbocycles. The minimum Gasteiger partial charge on any atom is -0.175 e. The standard InChI is InChI=1S/C33H35NP2/c1-3-4-27-34(35(30-21-13-7-14-22-30)31-23-15-8-16-24-31)36(2)32(28-17-9-5-10-18-28)25-26-33(36)29-19-11-6-12-20-29/h5-25,33H,2-4,26-27H2,1H3/t33-,36?/m1/s1. The highest BCUT2D eigenvalue weighted by Crippen LogP contribution is 2.86. The molecule has 0 amide bonds. The predicted octanol–water partition coefficient (Wildman–Crippen LogP) is 9.05. The van der Waals surface area contributed by atoms with E-state index < -0.39 is 15.5 Å². The van der Waals surface area contributed by atoms with Crippen LogP contribution in [0, 0.1) is 6.66 Å². The summed E-state index contributed by atoms with van der Waals surface area (Å²) >= 11 is 0. The zero-order chi connectivity index (χ0) is 24.8. The van der Waals surface area contributed by atoms with Gasteiger partial charge in [0, 0.05) is 18.5 Å². The van der Waals surface area contributed by atoms with Crippen molar-refractivity contribution < 1.29 is 0 Å². The summed E-state index contributed by atoms with van der Waals surface area (Å²) in [4.78, 5) is 0. The first kappa shape index (κ1) is 25.1. The minimum absolute atomic E-state index is 0.392. The highest BCUT2D eigenvalue weighted by atomic mass is 31.2. The number of hydrogen-bond acceptors (Lipinski definition) is 1. The van der Waals surface area contributed by atoms with Gasteiger partial charge in [-0.3, -0.25) is 0 Å². The third-order valence-corrected chi connectivity index (χ3v) is 14.6. The molecule has 2 atom stereocenters. The Morgan fingerprint density at radius 2 is 1.25 bits per heavy atom. The SMILES string of the molecule is [CH2-][P+]1(N(CCCC)P(c2ccccc2)c2ccccc2)C(c2ccccc2)=CC[C@@H]1c1ccccc1. The molecule has 182 valence electrons. The average molecular weight is 508 g/mol. The van der Waals surface area contributed by atoms with Gasteiger partial charge >= 0.3 is 0 Å². The van der Waals surface area contributed by atoms with Crippen molar-refractivity contribution in [2.24, 2.45) is 0 Å². The van der Waals surface area contributed by atoms with Crippen LogP contribution in [-0.2, 0) is 0 Å². The molecular formula is C33H35NP2. The first-order chi connectivity index (χ1) is 17.7. The van der Waals surface area contributed by atoms with E-state index in [-0.39, 0.29) is 0 Å². The van der Waals surface area contributed by atoms with E-state index in [2.05, 4.69) is 139 Å².